The van der Waals surface area contributed by atoms with Crippen LogP contribution < -0.4 is 5.32 Å². The summed E-state index contributed by atoms with van der Waals surface area (Å²) >= 11 is 3.23. The molecule has 0 aliphatic carbocycles. The lowest BCUT2D eigenvalue weighted by Gasteiger charge is -2.11. The molecule has 1 N–H and O–H groups in total. The quantitative estimate of drug-likeness (QED) is 0.703. The van der Waals surface area contributed by atoms with E-state index >= 15 is 0 Å². The van der Waals surface area contributed by atoms with Gasteiger partial charge in [0.1, 0.15) is 5.82 Å². The Hall–Kier alpha value is -1.94. The number of nitrogens with zero attached hydrogens (tertiary/aromatic N) is 1. The summed E-state index contributed by atoms with van der Waals surface area (Å²) in [4.78, 5) is 4.59. The lowest BCUT2D eigenvalue weighted by Crippen LogP contribution is -1.99. The third-order valence-electron chi connectivity index (χ3n) is 3.29. The molecule has 0 saturated heterocycles. The molecule has 2 aromatic carbocycles. The Morgan fingerprint density at radius 1 is 1.14 bits per heavy atom. The van der Waals surface area contributed by atoms with Crippen molar-refractivity contribution in [3.63, 3.8) is 0 Å². The normalized spacial score (nSPS) is 10.8. The largest absolute Gasteiger partial charge is 0.385 e. The van der Waals surface area contributed by atoms with E-state index < -0.39 is 0 Å². The molecule has 0 unspecified atom stereocenters. The molecule has 0 radical (unpaired) electrons. The first-order valence-corrected chi connectivity index (χ1v) is 7.57. The lowest BCUT2D eigenvalue weighted by atomic mass is 10.1. The zero-order valence-electron chi connectivity index (χ0n) is 11.5. The van der Waals surface area contributed by atoms with Gasteiger partial charge >= 0.3 is 0 Å². The van der Waals surface area contributed by atoms with Crippen molar-refractivity contribution in [2.75, 3.05) is 11.9 Å². The molecule has 0 bridgehead atoms. The molecular formula is C17H14BrFN2. The zero-order chi connectivity index (χ0) is 14.8. The van der Waals surface area contributed by atoms with Crippen LogP contribution in [0.2, 0.25) is 0 Å². The van der Waals surface area contributed by atoms with Gasteiger partial charge < -0.3 is 5.32 Å². The topological polar surface area (TPSA) is 24.9 Å². The van der Waals surface area contributed by atoms with Crippen LogP contribution in [0.1, 0.15) is 6.92 Å². The molecule has 1 heterocycles. The standard InChI is InChI=1S/C17H14BrFN2/c1-2-20-16-10-15(11-6-4-3-5-7-11)21-17-9-14(19)13(18)8-12(16)17/h3-10H,2H2,1H3,(H,20,21). The second kappa shape index (κ2) is 5.82. The van der Waals surface area contributed by atoms with Gasteiger partial charge in [0.15, 0.2) is 0 Å². The second-order valence-corrected chi connectivity index (χ2v) is 5.59. The van der Waals surface area contributed by atoms with Crippen LogP contribution >= 0.6 is 15.9 Å². The molecule has 0 amide bonds. The van der Waals surface area contributed by atoms with Gasteiger partial charge in [-0.05, 0) is 35.0 Å². The molecule has 1 aromatic heterocycles. The van der Waals surface area contributed by atoms with E-state index in [0.717, 1.165) is 28.9 Å². The smallest absolute Gasteiger partial charge is 0.139 e. The maximum absolute atomic E-state index is 13.8. The fourth-order valence-electron chi connectivity index (χ4n) is 2.31. The average molecular weight is 345 g/mol. The molecule has 0 atom stereocenters. The SMILES string of the molecule is CCNc1cc(-c2ccccc2)nc2cc(F)c(Br)cc12. The molecule has 4 heteroatoms. The molecule has 106 valence electrons. The molecule has 0 saturated carbocycles. The third kappa shape index (κ3) is 2.76. The van der Waals surface area contributed by atoms with Gasteiger partial charge in [0, 0.05) is 29.2 Å². The number of hydrogen-bond acceptors (Lipinski definition) is 2. The fourth-order valence-corrected chi connectivity index (χ4v) is 2.66. The van der Waals surface area contributed by atoms with Gasteiger partial charge in [0.2, 0.25) is 0 Å². The van der Waals surface area contributed by atoms with Gasteiger partial charge in [-0.25, -0.2) is 9.37 Å². The van der Waals surface area contributed by atoms with Crippen LogP contribution in [-0.2, 0) is 0 Å². The van der Waals surface area contributed by atoms with E-state index in [1.165, 1.54) is 6.07 Å². The highest BCUT2D eigenvalue weighted by Crippen LogP contribution is 2.31. The van der Waals surface area contributed by atoms with Crippen LogP contribution in [0.15, 0.2) is 53.0 Å². The number of rotatable bonds is 3. The predicted molar refractivity (Wildman–Crippen MR) is 89.0 cm³/mol. The van der Waals surface area contributed by atoms with Gasteiger partial charge in [0.05, 0.1) is 15.7 Å². The summed E-state index contributed by atoms with van der Waals surface area (Å²) in [6.45, 7) is 2.83. The first kappa shape index (κ1) is 14.0. The van der Waals surface area contributed by atoms with E-state index in [1.54, 1.807) is 6.07 Å². The average Bonchev–Trinajstić information content (AvgIpc) is 2.50. The Labute approximate surface area is 131 Å². The highest BCUT2D eigenvalue weighted by atomic mass is 79.9. The first-order chi connectivity index (χ1) is 10.2. The number of benzene rings is 2. The Bertz CT molecular complexity index is 788. The number of halogens is 2. The molecular weight excluding hydrogens is 331 g/mol. The van der Waals surface area contributed by atoms with Gasteiger partial charge in [-0.1, -0.05) is 30.3 Å². The van der Waals surface area contributed by atoms with Crippen molar-refractivity contribution in [2.45, 2.75) is 6.92 Å². The van der Waals surface area contributed by atoms with Crippen LogP contribution in [0.4, 0.5) is 10.1 Å². The number of aromatic nitrogens is 1. The van der Waals surface area contributed by atoms with Crippen molar-refractivity contribution in [1.82, 2.24) is 4.98 Å². The molecule has 2 nitrogen and oxygen atoms in total. The Morgan fingerprint density at radius 2 is 1.90 bits per heavy atom. The molecule has 0 aliphatic rings. The summed E-state index contributed by atoms with van der Waals surface area (Å²) in [5.74, 6) is -0.303. The van der Waals surface area contributed by atoms with E-state index in [0.29, 0.717) is 9.99 Å². The van der Waals surface area contributed by atoms with E-state index in [1.807, 2.05) is 43.3 Å². The van der Waals surface area contributed by atoms with Crippen molar-refractivity contribution < 1.29 is 4.39 Å². The van der Waals surface area contributed by atoms with Crippen LogP contribution in [0.3, 0.4) is 0 Å². The number of hydrogen-bond donors (Lipinski definition) is 1. The van der Waals surface area contributed by atoms with Crippen molar-refractivity contribution in [3.8, 4) is 11.3 Å². The number of fused-ring (bicyclic) bond motifs is 1. The highest BCUT2D eigenvalue weighted by Gasteiger charge is 2.10. The van der Waals surface area contributed by atoms with E-state index in [-0.39, 0.29) is 5.82 Å². The van der Waals surface area contributed by atoms with Crippen molar-refractivity contribution in [3.05, 3.63) is 58.8 Å². The van der Waals surface area contributed by atoms with Gasteiger partial charge in [-0.2, -0.15) is 0 Å². The van der Waals surface area contributed by atoms with E-state index in [4.69, 9.17) is 0 Å². The summed E-state index contributed by atoms with van der Waals surface area (Å²) in [5.41, 5.74) is 3.46. The minimum Gasteiger partial charge on any atom is -0.385 e. The van der Waals surface area contributed by atoms with Crippen LogP contribution in [0.25, 0.3) is 22.2 Å². The highest BCUT2D eigenvalue weighted by molar-refractivity contribution is 9.10. The monoisotopic (exact) mass is 344 g/mol. The molecule has 3 rings (SSSR count). The molecule has 0 spiro atoms. The minimum absolute atomic E-state index is 0.303. The molecule has 0 fully saturated rings. The summed E-state index contributed by atoms with van der Waals surface area (Å²) in [7, 11) is 0. The molecule has 0 aliphatic heterocycles. The Balaban J connectivity index is 2.26. The van der Waals surface area contributed by atoms with Gasteiger partial charge in [-0.3, -0.25) is 0 Å². The maximum atomic E-state index is 13.8. The zero-order valence-corrected chi connectivity index (χ0v) is 13.1. The van der Waals surface area contributed by atoms with Crippen LogP contribution in [0, 0.1) is 5.82 Å². The van der Waals surface area contributed by atoms with Gasteiger partial charge in [-0.15, -0.1) is 0 Å². The van der Waals surface area contributed by atoms with Crippen molar-refractivity contribution >= 4 is 32.5 Å². The first-order valence-electron chi connectivity index (χ1n) is 6.78. The molecule has 3 aromatic rings. The Morgan fingerprint density at radius 3 is 2.62 bits per heavy atom. The van der Waals surface area contributed by atoms with Gasteiger partial charge in [0.25, 0.3) is 0 Å². The van der Waals surface area contributed by atoms with Crippen molar-refractivity contribution in [2.24, 2.45) is 0 Å². The Kier molecular flexibility index (Phi) is 3.88. The van der Waals surface area contributed by atoms with E-state index in [2.05, 4.69) is 26.2 Å². The van der Waals surface area contributed by atoms with E-state index in [9.17, 15) is 4.39 Å². The predicted octanol–water partition coefficient (Wildman–Crippen LogP) is 5.24. The van der Waals surface area contributed by atoms with Crippen LogP contribution in [0.5, 0.6) is 0 Å². The van der Waals surface area contributed by atoms with Crippen LogP contribution in [-0.4, -0.2) is 11.5 Å². The third-order valence-corrected chi connectivity index (χ3v) is 3.90. The summed E-state index contributed by atoms with van der Waals surface area (Å²) < 4.78 is 14.2. The number of anilines is 1. The number of nitrogens with one attached hydrogen (secondary N) is 1. The fraction of sp³-hybridized carbons (Fsp3) is 0.118. The summed E-state index contributed by atoms with van der Waals surface area (Å²) in [5, 5.41) is 4.23. The summed E-state index contributed by atoms with van der Waals surface area (Å²) in [6.07, 6.45) is 0. The maximum Gasteiger partial charge on any atom is 0.139 e. The van der Waals surface area contributed by atoms with Crippen molar-refractivity contribution in [1.29, 1.82) is 0 Å². The summed E-state index contributed by atoms with van der Waals surface area (Å²) in [6, 6.07) is 15.1. The molecule has 21 heavy (non-hydrogen) atoms. The lowest BCUT2D eigenvalue weighted by molar-refractivity contribution is 0.623. The number of pyridine rings is 1. The second-order valence-electron chi connectivity index (χ2n) is 4.73. The minimum atomic E-state index is -0.303.